The molecule has 0 amide bonds. The van der Waals surface area contributed by atoms with Crippen LogP contribution in [0.2, 0.25) is 5.02 Å². The molecule has 1 atom stereocenters. The van der Waals surface area contributed by atoms with Crippen molar-refractivity contribution in [2.45, 2.75) is 43.5 Å². The summed E-state index contributed by atoms with van der Waals surface area (Å²) in [6, 6.07) is 9.66. The van der Waals surface area contributed by atoms with Gasteiger partial charge in [0.15, 0.2) is 11.0 Å². The molecule has 160 valence electrons. The minimum atomic E-state index is 0.487. The first-order chi connectivity index (χ1) is 15.1. The first kappa shape index (κ1) is 20.7. The van der Waals surface area contributed by atoms with E-state index in [9.17, 15) is 0 Å². The molecule has 31 heavy (non-hydrogen) atoms. The minimum Gasteiger partial charge on any atom is -0.420 e. The van der Waals surface area contributed by atoms with E-state index in [2.05, 4.69) is 38.0 Å². The molecule has 0 saturated carbocycles. The Labute approximate surface area is 194 Å². The number of hydrogen-bond acceptors (Lipinski definition) is 7. The first-order valence-electron chi connectivity index (χ1n) is 10.3. The third-order valence-corrected chi connectivity index (χ3v) is 8.19. The summed E-state index contributed by atoms with van der Waals surface area (Å²) in [5.41, 5.74) is 2.34. The average Bonchev–Trinajstić information content (AvgIpc) is 3.50. The Bertz CT molecular complexity index is 1200. The van der Waals surface area contributed by atoms with Crippen LogP contribution < -0.4 is 0 Å². The zero-order chi connectivity index (χ0) is 21.4. The van der Waals surface area contributed by atoms with Crippen molar-refractivity contribution >= 4 is 34.7 Å². The summed E-state index contributed by atoms with van der Waals surface area (Å²) in [4.78, 5) is 2.71. The van der Waals surface area contributed by atoms with Crippen molar-refractivity contribution < 1.29 is 4.42 Å². The second kappa shape index (κ2) is 8.76. The Kier molecular flexibility index (Phi) is 5.86. The van der Waals surface area contributed by atoms with Gasteiger partial charge in [0, 0.05) is 22.5 Å². The standard InChI is InChI=1S/C22H22ClN5OS2/c1-3-13-4-9-17-15(10-13)11-18(31-17)20-25-27-22(28(20)2)30-12-19-24-26-21(29-19)14-5-7-16(23)8-6-14/h5-8,11,13H,3-4,9-10,12H2,1-2H3. The number of halogens is 1. The van der Waals surface area contributed by atoms with Gasteiger partial charge in [0.05, 0.1) is 10.6 Å². The molecule has 0 spiro atoms. The van der Waals surface area contributed by atoms with Crippen LogP contribution in [-0.4, -0.2) is 25.0 Å². The number of nitrogens with zero attached hydrogens (tertiary/aromatic N) is 5. The number of benzene rings is 1. The van der Waals surface area contributed by atoms with Crippen LogP contribution in [0.4, 0.5) is 0 Å². The van der Waals surface area contributed by atoms with E-state index in [1.807, 2.05) is 30.5 Å². The van der Waals surface area contributed by atoms with Crippen molar-refractivity contribution in [2.24, 2.45) is 13.0 Å². The third kappa shape index (κ3) is 4.29. The molecule has 0 radical (unpaired) electrons. The Morgan fingerprint density at radius 2 is 2.03 bits per heavy atom. The zero-order valence-electron chi connectivity index (χ0n) is 17.3. The number of rotatable bonds is 6. The molecule has 1 aliphatic rings. The predicted molar refractivity (Wildman–Crippen MR) is 124 cm³/mol. The lowest BCUT2D eigenvalue weighted by Gasteiger charge is -2.19. The Morgan fingerprint density at radius 1 is 1.19 bits per heavy atom. The topological polar surface area (TPSA) is 69.6 Å². The van der Waals surface area contributed by atoms with Crippen LogP contribution in [0.25, 0.3) is 22.2 Å². The van der Waals surface area contributed by atoms with Crippen LogP contribution in [0.3, 0.4) is 0 Å². The summed E-state index contributed by atoms with van der Waals surface area (Å²) in [6.45, 7) is 2.29. The summed E-state index contributed by atoms with van der Waals surface area (Å²) in [5, 5.41) is 18.7. The second-order valence-electron chi connectivity index (χ2n) is 7.74. The van der Waals surface area contributed by atoms with Crippen LogP contribution in [0, 0.1) is 5.92 Å². The highest BCUT2D eigenvalue weighted by Gasteiger charge is 2.22. The lowest BCUT2D eigenvalue weighted by molar-refractivity contribution is 0.449. The number of thiophene rings is 1. The van der Waals surface area contributed by atoms with E-state index >= 15 is 0 Å². The summed E-state index contributed by atoms with van der Waals surface area (Å²) in [7, 11) is 2.01. The summed E-state index contributed by atoms with van der Waals surface area (Å²) < 4.78 is 7.85. The smallest absolute Gasteiger partial charge is 0.247 e. The third-order valence-electron chi connectivity index (χ3n) is 5.70. The number of thioether (sulfide) groups is 1. The molecule has 5 rings (SSSR count). The molecule has 1 aromatic carbocycles. The van der Waals surface area contributed by atoms with Crippen molar-refractivity contribution in [3.63, 3.8) is 0 Å². The molecule has 0 N–H and O–H groups in total. The van der Waals surface area contributed by atoms with Crippen LogP contribution in [-0.2, 0) is 25.6 Å². The molecule has 1 unspecified atom stereocenters. The molecule has 6 nitrogen and oxygen atoms in total. The van der Waals surface area contributed by atoms with Crippen molar-refractivity contribution in [1.82, 2.24) is 25.0 Å². The number of fused-ring (bicyclic) bond motifs is 1. The van der Waals surface area contributed by atoms with Crippen LogP contribution in [0.15, 0.2) is 39.9 Å². The van der Waals surface area contributed by atoms with Gasteiger partial charge in [0.1, 0.15) is 0 Å². The number of hydrogen-bond donors (Lipinski definition) is 0. The fourth-order valence-corrected chi connectivity index (χ4v) is 5.96. The molecular formula is C22H22ClN5OS2. The van der Waals surface area contributed by atoms with E-state index in [1.165, 1.54) is 41.0 Å². The predicted octanol–water partition coefficient (Wildman–Crippen LogP) is 6.05. The molecule has 3 heterocycles. The molecule has 0 fully saturated rings. The van der Waals surface area contributed by atoms with Crippen molar-refractivity contribution in [3.8, 4) is 22.2 Å². The lowest BCUT2D eigenvalue weighted by atomic mass is 9.87. The molecule has 3 aromatic heterocycles. The summed E-state index contributed by atoms with van der Waals surface area (Å²) >= 11 is 9.35. The molecule has 1 aliphatic carbocycles. The van der Waals surface area contributed by atoms with Gasteiger partial charge in [0.25, 0.3) is 0 Å². The van der Waals surface area contributed by atoms with E-state index in [4.69, 9.17) is 16.0 Å². The molecule has 9 heteroatoms. The van der Waals surface area contributed by atoms with Gasteiger partial charge < -0.3 is 8.98 Å². The summed E-state index contributed by atoms with van der Waals surface area (Å²) in [5.74, 6) is 3.30. The molecule has 0 aliphatic heterocycles. The first-order valence-corrected chi connectivity index (χ1v) is 12.5. The van der Waals surface area contributed by atoms with Crippen LogP contribution >= 0.6 is 34.7 Å². The minimum absolute atomic E-state index is 0.487. The van der Waals surface area contributed by atoms with Crippen molar-refractivity contribution in [3.05, 3.63) is 51.7 Å². The molecule has 4 aromatic rings. The van der Waals surface area contributed by atoms with Gasteiger partial charge in [-0.1, -0.05) is 36.7 Å². The van der Waals surface area contributed by atoms with E-state index in [1.54, 1.807) is 23.9 Å². The highest BCUT2D eigenvalue weighted by molar-refractivity contribution is 7.98. The second-order valence-corrected chi connectivity index (χ2v) is 10.3. The van der Waals surface area contributed by atoms with E-state index < -0.39 is 0 Å². The molecular weight excluding hydrogens is 450 g/mol. The van der Waals surface area contributed by atoms with Gasteiger partial charge in [-0.3, -0.25) is 0 Å². The average molecular weight is 472 g/mol. The quantitative estimate of drug-likeness (QED) is 0.318. The lowest BCUT2D eigenvalue weighted by Crippen LogP contribution is -2.10. The van der Waals surface area contributed by atoms with Gasteiger partial charge in [-0.25, -0.2) is 0 Å². The van der Waals surface area contributed by atoms with Crippen LogP contribution in [0.5, 0.6) is 0 Å². The van der Waals surface area contributed by atoms with Gasteiger partial charge in [-0.2, -0.15) is 0 Å². The van der Waals surface area contributed by atoms with E-state index in [0.717, 1.165) is 22.5 Å². The van der Waals surface area contributed by atoms with E-state index in [-0.39, 0.29) is 0 Å². The highest BCUT2D eigenvalue weighted by atomic mass is 35.5. The maximum Gasteiger partial charge on any atom is 0.247 e. The van der Waals surface area contributed by atoms with Gasteiger partial charge in [0.2, 0.25) is 11.8 Å². The number of aryl methyl sites for hydroxylation is 1. The monoisotopic (exact) mass is 471 g/mol. The normalized spacial score (nSPS) is 15.9. The highest BCUT2D eigenvalue weighted by Crippen LogP contribution is 2.38. The fourth-order valence-electron chi connectivity index (χ4n) is 3.86. The zero-order valence-corrected chi connectivity index (χ0v) is 19.7. The van der Waals surface area contributed by atoms with Gasteiger partial charge >= 0.3 is 0 Å². The Morgan fingerprint density at radius 3 is 2.84 bits per heavy atom. The molecule has 0 bridgehead atoms. The maximum absolute atomic E-state index is 5.94. The Hall–Kier alpha value is -2.16. The largest absolute Gasteiger partial charge is 0.420 e. The maximum atomic E-state index is 5.94. The van der Waals surface area contributed by atoms with Gasteiger partial charge in [-0.15, -0.1) is 31.7 Å². The van der Waals surface area contributed by atoms with Crippen molar-refractivity contribution in [1.29, 1.82) is 0 Å². The van der Waals surface area contributed by atoms with Gasteiger partial charge in [-0.05, 0) is 61.1 Å². The fraction of sp³-hybridized carbons (Fsp3) is 0.364. The summed E-state index contributed by atoms with van der Waals surface area (Å²) in [6.07, 6.45) is 4.93. The number of aromatic nitrogens is 5. The SMILES string of the molecule is CCC1CCc2sc(-c3nnc(SCc4nnc(-c5ccc(Cl)cc5)o4)n3C)cc2C1. The van der Waals surface area contributed by atoms with Crippen molar-refractivity contribution in [2.75, 3.05) is 0 Å². The Balaban J connectivity index is 1.28. The van der Waals surface area contributed by atoms with Crippen LogP contribution in [0.1, 0.15) is 36.1 Å². The van der Waals surface area contributed by atoms with E-state index in [0.29, 0.717) is 22.6 Å². The molecule has 0 saturated heterocycles.